The highest BCUT2D eigenvalue weighted by Gasteiger charge is 2.25. The van der Waals surface area contributed by atoms with Crippen LogP contribution < -0.4 is 5.32 Å². The van der Waals surface area contributed by atoms with Crippen molar-refractivity contribution < 1.29 is 8.42 Å². The standard InChI is InChI=1S/C16H19ClN2O2S2/c17-16-8-7-14(22-16)12-18-13-5-4-6-15(11-13)23(20,21)19-9-2-1-3-10-19/h4-8,11,18H,1-3,9-10,12H2. The molecule has 0 aliphatic carbocycles. The number of benzene rings is 1. The van der Waals surface area contributed by atoms with E-state index >= 15 is 0 Å². The second kappa shape index (κ2) is 7.21. The van der Waals surface area contributed by atoms with E-state index in [2.05, 4.69) is 5.32 Å². The normalized spacial score (nSPS) is 16.4. The van der Waals surface area contributed by atoms with Crippen LogP contribution in [0, 0.1) is 0 Å². The molecule has 23 heavy (non-hydrogen) atoms. The molecule has 1 fully saturated rings. The lowest BCUT2D eigenvalue weighted by atomic mass is 10.2. The number of sulfonamides is 1. The minimum Gasteiger partial charge on any atom is -0.380 e. The fourth-order valence-electron chi connectivity index (χ4n) is 2.66. The van der Waals surface area contributed by atoms with Gasteiger partial charge in [0.05, 0.1) is 9.23 Å². The average molecular weight is 371 g/mol. The van der Waals surface area contributed by atoms with E-state index in [4.69, 9.17) is 11.6 Å². The molecule has 1 aliphatic heterocycles. The molecule has 1 aliphatic rings. The third-order valence-corrected chi connectivity index (χ3v) is 7.01. The molecular weight excluding hydrogens is 352 g/mol. The molecule has 1 N–H and O–H groups in total. The van der Waals surface area contributed by atoms with Crippen molar-refractivity contribution in [2.75, 3.05) is 18.4 Å². The zero-order chi connectivity index (χ0) is 16.3. The monoisotopic (exact) mass is 370 g/mol. The molecule has 0 bridgehead atoms. The van der Waals surface area contributed by atoms with Crippen LogP contribution in [0.15, 0.2) is 41.3 Å². The minimum absolute atomic E-state index is 0.355. The maximum Gasteiger partial charge on any atom is 0.243 e. The van der Waals surface area contributed by atoms with Crippen molar-refractivity contribution in [1.29, 1.82) is 0 Å². The summed E-state index contributed by atoms with van der Waals surface area (Å²) < 4.78 is 27.7. The maximum absolute atomic E-state index is 12.7. The Labute approximate surface area is 146 Å². The second-order valence-corrected chi connectivity index (χ2v) is 9.29. The molecule has 0 unspecified atom stereocenters. The van der Waals surface area contributed by atoms with Gasteiger partial charge < -0.3 is 5.32 Å². The first-order chi connectivity index (χ1) is 11.1. The van der Waals surface area contributed by atoms with E-state index in [0.29, 0.717) is 24.5 Å². The van der Waals surface area contributed by atoms with Crippen LogP contribution in [0.5, 0.6) is 0 Å². The van der Waals surface area contributed by atoms with Gasteiger partial charge >= 0.3 is 0 Å². The number of hydrogen-bond donors (Lipinski definition) is 1. The van der Waals surface area contributed by atoms with E-state index in [1.54, 1.807) is 22.5 Å². The van der Waals surface area contributed by atoms with Crippen molar-refractivity contribution in [1.82, 2.24) is 4.31 Å². The lowest BCUT2D eigenvalue weighted by Gasteiger charge is -2.26. The Balaban J connectivity index is 1.73. The van der Waals surface area contributed by atoms with E-state index in [9.17, 15) is 8.42 Å². The summed E-state index contributed by atoms with van der Waals surface area (Å²) in [5.41, 5.74) is 0.799. The van der Waals surface area contributed by atoms with Crippen molar-refractivity contribution in [3.8, 4) is 0 Å². The Hall–Kier alpha value is -1.08. The van der Waals surface area contributed by atoms with Gasteiger partial charge in [-0.3, -0.25) is 0 Å². The summed E-state index contributed by atoms with van der Waals surface area (Å²) in [6.45, 7) is 1.87. The third kappa shape index (κ3) is 4.07. The van der Waals surface area contributed by atoms with Gasteiger partial charge in [0.2, 0.25) is 10.0 Å². The minimum atomic E-state index is -3.39. The molecule has 0 radical (unpaired) electrons. The summed E-state index contributed by atoms with van der Waals surface area (Å²) in [6.07, 6.45) is 2.99. The van der Waals surface area contributed by atoms with Gasteiger partial charge in [0.25, 0.3) is 0 Å². The van der Waals surface area contributed by atoms with Crippen LogP contribution in [0.1, 0.15) is 24.1 Å². The summed E-state index contributed by atoms with van der Waals surface area (Å²) in [5.74, 6) is 0. The first-order valence-electron chi connectivity index (χ1n) is 7.64. The van der Waals surface area contributed by atoms with Crippen LogP contribution in [-0.4, -0.2) is 25.8 Å². The summed E-state index contributed by atoms with van der Waals surface area (Å²) in [5, 5.41) is 3.26. The van der Waals surface area contributed by atoms with E-state index < -0.39 is 10.0 Å². The largest absolute Gasteiger partial charge is 0.380 e. The molecule has 7 heteroatoms. The van der Waals surface area contributed by atoms with Crippen LogP contribution in [0.3, 0.4) is 0 Å². The van der Waals surface area contributed by atoms with Crippen molar-refractivity contribution >= 4 is 38.6 Å². The Morgan fingerprint density at radius 3 is 2.61 bits per heavy atom. The highest BCUT2D eigenvalue weighted by Crippen LogP contribution is 2.25. The van der Waals surface area contributed by atoms with Gasteiger partial charge in [0.15, 0.2) is 0 Å². The van der Waals surface area contributed by atoms with Gasteiger partial charge in [0, 0.05) is 30.2 Å². The number of halogens is 1. The predicted molar refractivity (Wildman–Crippen MR) is 95.7 cm³/mol. The molecule has 1 aromatic carbocycles. The SMILES string of the molecule is O=S(=O)(c1cccc(NCc2ccc(Cl)s2)c1)N1CCCCC1. The highest BCUT2D eigenvalue weighted by molar-refractivity contribution is 7.89. The molecule has 2 aromatic rings. The van der Waals surface area contributed by atoms with E-state index in [0.717, 1.165) is 34.2 Å². The van der Waals surface area contributed by atoms with Gasteiger partial charge in [-0.25, -0.2) is 8.42 Å². The van der Waals surface area contributed by atoms with Crippen LogP contribution in [-0.2, 0) is 16.6 Å². The number of anilines is 1. The predicted octanol–water partition coefficient (Wildman–Crippen LogP) is 4.19. The molecule has 124 valence electrons. The van der Waals surface area contributed by atoms with Crippen molar-refractivity contribution in [3.05, 3.63) is 45.6 Å². The Bertz CT molecular complexity index is 768. The fourth-order valence-corrected chi connectivity index (χ4v) is 5.25. The summed E-state index contributed by atoms with van der Waals surface area (Å²) in [4.78, 5) is 1.47. The zero-order valence-corrected chi connectivity index (χ0v) is 15.1. The first-order valence-corrected chi connectivity index (χ1v) is 10.3. The average Bonchev–Trinajstić information content (AvgIpc) is 2.99. The Morgan fingerprint density at radius 1 is 1.13 bits per heavy atom. The molecular formula is C16H19ClN2O2S2. The number of hydrogen-bond acceptors (Lipinski definition) is 4. The molecule has 4 nitrogen and oxygen atoms in total. The number of nitrogens with one attached hydrogen (secondary N) is 1. The van der Waals surface area contributed by atoms with Crippen LogP contribution >= 0.6 is 22.9 Å². The molecule has 1 aromatic heterocycles. The first kappa shape index (κ1) is 16.8. The van der Waals surface area contributed by atoms with Gasteiger partial charge in [-0.2, -0.15) is 4.31 Å². The molecule has 0 amide bonds. The van der Waals surface area contributed by atoms with Crippen LogP contribution in [0.4, 0.5) is 5.69 Å². The summed E-state index contributed by atoms with van der Waals surface area (Å²) >= 11 is 7.44. The molecule has 2 heterocycles. The Kier molecular flexibility index (Phi) is 5.26. The van der Waals surface area contributed by atoms with Gasteiger partial charge in [-0.15, -0.1) is 11.3 Å². The smallest absolute Gasteiger partial charge is 0.243 e. The second-order valence-electron chi connectivity index (χ2n) is 5.55. The lowest BCUT2D eigenvalue weighted by Crippen LogP contribution is -2.35. The number of thiophene rings is 1. The maximum atomic E-state index is 12.7. The number of rotatable bonds is 5. The molecule has 0 saturated carbocycles. The van der Waals surface area contributed by atoms with Crippen LogP contribution in [0.25, 0.3) is 0 Å². The quantitative estimate of drug-likeness (QED) is 0.858. The van der Waals surface area contributed by atoms with Crippen molar-refractivity contribution in [2.24, 2.45) is 0 Å². The van der Waals surface area contributed by atoms with Gasteiger partial charge in [-0.05, 0) is 43.2 Å². The molecule has 0 spiro atoms. The number of piperidine rings is 1. The molecule has 0 atom stereocenters. The van der Waals surface area contributed by atoms with Gasteiger partial charge in [-0.1, -0.05) is 24.1 Å². The molecule has 3 rings (SSSR count). The van der Waals surface area contributed by atoms with Crippen molar-refractivity contribution in [3.63, 3.8) is 0 Å². The van der Waals surface area contributed by atoms with Gasteiger partial charge in [0.1, 0.15) is 0 Å². The Morgan fingerprint density at radius 2 is 1.91 bits per heavy atom. The number of nitrogens with zero attached hydrogens (tertiary/aromatic N) is 1. The van der Waals surface area contributed by atoms with Crippen molar-refractivity contribution in [2.45, 2.75) is 30.7 Å². The van der Waals surface area contributed by atoms with E-state index in [-0.39, 0.29) is 0 Å². The van der Waals surface area contributed by atoms with E-state index in [1.807, 2.05) is 18.2 Å². The molecule has 1 saturated heterocycles. The van der Waals surface area contributed by atoms with E-state index in [1.165, 1.54) is 11.3 Å². The highest BCUT2D eigenvalue weighted by atomic mass is 35.5. The fraction of sp³-hybridized carbons (Fsp3) is 0.375. The summed E-state index contributed by atoms with van der Waals surface area (Å²) in [6, 6.07) is 10.9. The third-order valence-electron chi connectivity index (χ3n) is 3.88. The summed E-state index contributed by atoms with van der Waals surface area (Å²) in [7, 11) is -3.39. The van der Waals surface area contributed by atoms with Crippen LogP contribution in [0.2, 0.25) is 4.34 Å². The lowest BCUT2D eigenvalue weighted by molar-refractivity contribution is 0.346. The topological polar surface area (TPSA) is 49.4 Å². The zero-order valence-electron chi connectivity index (χ0n) is 12.7.